The van der Waals surface area contributed by atoms with Crippen LogP contribution in [0.15, 0.2) is 54.7 Å². The number of aromatic nitrogens is 1. The lowest BCUT2D eigenvalue weighted by atomic mass is 9.92. The molecule has 0 N–H and O–H groups in total. The lowest BCUT2D eigenvalue weighted by Gasteiger charge is -2.29. The predicted molar refractivity (Wildman–Crippen MR) is 135 cm³/mol. The zero-order valence-electron chi connectivity index (χ0n) is 20.6. The number of pyridine rings is 1. The highest BCUT2D eigenvalue weighted by molar-refractivity contribution is 5.73. The van der Waals surface area contributed by atoms with E-state index < -0.39 is 0 Å². The molecule has 3 nitrogen and oxygen atoms in total. The van der Waals surface area contributed by atoms with Gasteiger partial charge in [-0.3, -0.25) is 9.88 Å². The van der Waals surface area contributed by atoms with E-state index in [1.165, 1.54) is 22.3 Å². The maximum absolute atomic E-state index is 5.98. The van der Waals surface area contributed by atoms with Gasteiger partial charge in [0, 0.05) is 42.0 Å². The number of methoxy groups -OCH3 is 1. The van der Waals surface area contributed by atoms with Crippen LogP contribution in [0.2, 0.25) is 0 Å². The summed E-state index contributed by atoms with van der Waals surface area (Å²) >= 11 is 0. The topological polar surface area (TPSA) is 25.4 Å². The highest BCUT2D eigenvalue weighted by atomic mass is 16.5. The molecule has 3 rings (SSSR count). The molecule has 0 aliphatic rings. The molecule has 0 amide bonds. The van der Waals surface area contributed by atoms with Gasteiger partial charge in [-0.25, -0.2) is 0 Å². The fourth-order valence-corrected chi connectivity index (χ4v) is 4.50. The van der Waals surface area contributed by atoms with E-state index in [0.29, 0.717) is 6.04 Å². The minimum atomic E-state index is 0.465. The summed E-state index contributed by atoms with van der Waals surface area (Å²) in [7, 11) is 1.78. The Kier molecular flexibility index (Phi) is 8.46. The molecular formula is C29H38N2O. The van der Waals surface area contributed by atoms with Gasteiger partial charge in [0.15, 0.2) is 0 Å². The quantitative estimate of drug-likeness (QED) is 0.346. The fourth-order valence-electron chi connectivity index (χ4n) is 4.50. The van der Waals surface area contributed by atoms with Crippen molar-refractivity contribution in [2.45, 2.75) is 73.0 Å². The summed E-state index contributed by atoms with van der Waals surface area (Å²) in [4.78, 5) is 7.53. The molecule has 1 atom stereocenters. The van der Waals surface area contributed by atoms with Gasteiger partial charge in [-0.15, -0.1) is 0 Å². The first kappa shape index (κ1) is 24.0. The zero-order chi connectivity index (χ0) is 23.1. The van der Waals surface area contributed by atoms with Gasteiger partial charge < -0.3 is 4.74 Å². The third-order valence-corrected chi connectivity index (χ3v) is 6.59. The van der Waals surface area contributed by atoms with Crippen molar-refractivity contribution in [3.05, 3.63) is 82.5 Å². The summed E-state index contributed by atoms with van der Waals surface area (Å²) in [5, 5.41) is 0. The van der Waals surface area contributed by atoms with Crippen LogP contribution >= 0.6 is 0 Å². The smallest absolute Gasteiger partial charge is 0.129 e. The van der Waals surface area contributed by atoms with Gasteiger partial charge in [-0.2, -0.15) is 0 Å². The average Bonchev–Trinajstić information content (AvgIpc) is 2.83. The minimum Gasteiger partial charge on any atom is -0.496 e. The van der Waals surface area contributed by atoms with Gasteiger partial charge in [0.05, 0.1) is 12.8 Å². The van der Waals surface area contributed by atoms with Gasteiger partial charge in [0.2, 0.25) is 0 Å². The fraction of sp³-hybridized carbons (Fsp3) is 0.414. The number of hydrogen-bond donors (Lipinski definition) is 0. The summed E-state index contributed by atoms with van der Waals surface area (Å²) in [6, 6.07) is 17.8. The Labute approximate surface area is 194 Å². The van der Waals surface area contributed by atoms with Crippen molar-refractivity contribution in [2.75, 3.05) is 7.11 Å². The second-order valence-electron chi connectivity index (χ2n) is 8.60. The molecule has 0 radical (unpaired) electrons. The van der Waals surface area contributed by atoms with Crippen LogP contribution in [0.5, 0.6) is 5.75 Å². The Balaban J connectivity index is 2.01. The number of rotatable bonds is 10. The molecule has 1 unspecified atom stereocenters. The summed E-state index contributed by atoms with van der Waals surface area (Å²) in [6.45, 7) is 12.9. The molecule has 0 bridgehead atoms. The largest absolute Gasteiger partial charge is 0.496 e. The SMILES string of the molecule is CCc1cccc(CC)c1-c1ncc(CN(Cc2ccccc2)C(C)CC)c(OC)c1C. The summed E-state index contributed by atoms with van der Waals surface area (Å²) < 4.78 is 5.98. The first-order valence-electron chi connectivity index (χ1n) is 11.9. The Hall–Kier alpha value is -2.65. The average molecular weight is 431 g/mol. The van der Waals surface area contributed by atoms with Crippen LogP contribution in [0.1, 0.15) is 61.9 Å². The van der Waals surface area contributed by atoms with Crippen LogP contribution in [-0.2, 0) is 25.9 Å². The van der Waals surface area contributed by atoms with Crippen molar-refractivity contribution in [3.63, 3.8) is 0 Å². The molecule has 0 spiro atoms. The Bertz CT molecular complexity index is 991. The standard InChI is InChI=1S/C29H38N2O/c1-7-21(4)31(19-23-14-11-10-12-15-23)20-26-18-30-28(22(5)29(26)32-6)27-24(8-2)16-13-17-25(27)9-3/h10-18,21H,7-9,19-20H2,1-6H3. The van der Waals surface area contributed by atoms with Crippen molar-refractivity contribution >= 4 is 0 Å². The van der Waals surface area contributed by atoms with E-state index in [1.807, 2.05) is 6.20 Å². The van der Waals surface area contributed by atoms with Gasteiger partial charge in [-0.05, 0) is 49.8 Å². The van der Waals surface area contributed by atoms with E-state index in [4.69, 9.17) is 9.72 Å². The Morgan fingerprint density at radius 3 is 2.09 bits per heavy atom. The molecule has 1 heterocycles. The molecular weight excluding hydrogens is 392 g/mol. The normalized spacial score (nSPS) is 12.2. The first-order chi connectivity index (χ1) is 15.5. The third kappa shape index (κ3) is 5.21. The van der Waals surface area contributed by atoms with Gasteiger partial charge in [0.25, 0.3) is 0 Å². The van der Waals surface area contributed by atoms with E-state index in [-0.39, 0.29) is 0 Å². The molecule has 0 aliphatic heterocycles. The van der Waals surface area contributed by atoms with Crippen molar-refractivity contribution in [3.8, 4) is 17.0 Å². The molecule has 0 fully saturated rings. The Morgan fingerprint density at radius 1 is 0.875 bits per heavy atom. The molecule has 3 aromatic rings. The lowest BCUT2D eigenvalue weighted by molar-refractivity contribution is 0.183. The van der Waals surface area contributed by atoms with Crippen LogP contribution in [0.25, 0.3) is 11.3 Å². The van der Waals surface area contributed by atoms with Crippen molar-refractivity contribution in [1.82, 2.24) is 9.88 Å². The second kappa shape index (κ2) is 11.3. The monoisotopic (exact) mass is 430 g/mol. The first-order valence-corrected chi connectivity index (χ1v) is 11.9. The molecule has 0 aliphatic carbocycles. The minimum absolute atomic E-state index is 0.465. The zero-order valence-corrected chi connectivity index (χ0v) is 20.6. The Morgan fingerprint density at radius 2 is 1.53 bits per heavy atom. The van der Waals surface area contributed by atoms with Crippen LogP contribution in [0, 0.1) is 6.92 Å². The third-order valence-electron chi connectivity index (χ3n) is 6.59. The van der Waals surface area contributed by atoms with Crippen molar-refractivity contribution in [1.29, 1.82) is 0 Å². The van der Waals surface area contributed by atoms with Crippen LogP contribution in [-0.4, -0.2) is 23.0 Å². The van der Waals surface area contributed by atoms with E-state index in [9.17, 15) is 0 Å². The van der Waals surface area contributed by atoms with E-state index in [1.54, 1.807) is 7.11 Å². The van der Waals surface area contributed by atoms with Crippen LogP contribution in [0.4, 0.5) is 0 Å². The van der Waals surface area contributed by atoms with Crippen LogP contribution in [0.3, 0.4) is 0 Å². The highest BCUT2D eigenvalue weighted by Gasteiger charge is 2.21. The molecule has 2 aromatic carbocycles. The van der Waals surface area contributed by atoms with E-state index in [2.05, 4.69) is 88.0 Å². The molecule has 0 saturated carbocycles. The molecule has 1 aromatic heterocycles. The molecule has 3 heteroatoms. The predicted octanol–water partition coefficient (Wildman–Crippen LogP) is 6.99. The molecule has 32 heavy (non-hydrogen) atoms. The van der Waals surface area contributed by atoms with Gasteiger partial charge in [-0.1, -0.05) is 69.3 Å². The van der Waals surface area contributed by atoms with E-state index >= 15 is 0 Å². The highest BCUT2D eigenvalue weighted by Crippen LogP contribution is 2.36. The van der Waals surface area contributed by atoms with E-state index in [0.717, 1.165) is 54.9 Å². The number of aryl methyl sites for hydroxylation is 2. The van der Waals surface area contributed by atoms with Crippen LogP contribution < -0.4 is 4.74 Å². The summed E-state index contributed by atoms with van der Waals surface area (Å²) in [5.41, 5.74) is 8.64. The summed E-state index contributed by atoms with van der Waals surface area (Å²) in [5.74, 6) is 0.962. The number of hydrogen-bond acceptors (Lipinski definition) is 3. The number of nitrogens with zero attached hydrogens (tertiary/aromatic N) is 2. The number of ether oxygens (including phenoxy) is 1. The maximum Gasteiger partial charge on any atom is 0.129 e. The maximum atomic E-state index is 5.98. The molecule has 0 saturated heterocycles. The number of benzene rings is 2. The van der Waals surface area contributed by atoms with Gasteiger partial charge in [0.1, 0.15) is 5.75 Å². The lowest BCUT2D eigenvalue weighted by Crippen LogP contribution is -2.32. The summed E-state index contributed by atoms with van der Waals surface area (Å²) in [6.07, 6.45) is 5.12. The second-order valence-corrected chi connectivity index (χ2v) is 8.60. The van der Waals surface area contributed by atoms with Crippen molar-refractivity contribution < 1.29 is 4.74 Å². The van der Waals surface area contributed by atoms with Gasteiger partial charge >= 0.3 is 0 Å². The molecule has 170 valence electrons. The van der Waals surface area contributed by atoms with Crippen molar-refractivity contribution in [2.24, 2.45) is 0 Å².